The van der Waals surface area contributed by atoms with Gasteiger partial charge in [0.1, 0.15) is 0 Å². The molecular formula is C11H24N2O2. The lowest BCUT2D eigenvalue weighted by molar-refractivity contribution is -0.121. The van der Waals surface area contributed by atoms with Crippen molar-refractivity contribution in [3.63, 3.8) is 0 Å². The van der Waals surface area contributed by atoms with Crippen LogP contribution < -0.4 is 10.6 Å². The first kappa shape index (κ1) is 14.4. The quantitative estimate of drug-likeness (QED) is 0.522. The van der Waals surface area contributed by atoms with E-state index in [4.69, 9.17) is 5.11 Å². The normalized spacial score (nSPS) is 14.7. The highest BCUT2D eigenvalue weighted by atomic mass is 16.3. The second kappa shape index (κ2) is 8.68. The van der Waals surface area contributed by atoms with Crippen LogP contribution in [-0.2, 0) is 4.79 Å². The lowest BCUT2D eigenvalue weighted by Gasteiger charge is -2.11. The minimum absolute atomic E-state index is 0.0916. The Hall–Kier alpha value is -0.610. The Balaban J connectivity index is 3.31. The zero-order chi connectivity index (χ0) is 11.7. The number of hydrogen-bond donors (Lipinski definition) is 3. The van der Waals surface area contributed by atoms with Crippen molar-refractivity contribution in [3.05, 3.63) is 0 Å². The number of carbonyl (C=O) groups is 1. The maximum atomic E-state index is 11.3. The molecular weight excluding hydrogens is 192 g/mol. The number of amides is 1. The largest absolute Gasteiger partial charge is 0.393 e. The molecule has 0 rings (SSSR count). The SMILES string of the molecule is CCC(C)NC(=O)CCNCCC(C)O. The molecule has 0 saturated carbocycles. The molecule has 0 radical (unpaired) electrons. The predicted molar refractivity (Wildman–Crippen MR) is 61.7 cm³/mol. The molecule has 0 aliphatic heterocycles. The Morgan fingerprint density at radius 1 is 1.33 bits per heavy atom. The average Bonchev–Trinajstić information content (AvgIpc) is 2.16. The first-order valence-corrected chi connectivity index (χ1v) is 5.74. The first-order valence-electron chi connectivity index (χ1n) is 5.74. The Morgan fingerprint density at radius 3 is 2.53 bits per heavy atom. The third kappa shape index (κ3) is 9.69. The summed E-state index contributed by atoms with van der Waals surface area (Å²) >= 11 is 0. The number of aliphatic hydroxyl groups excluding tert-OH is 1. The minimum Gasteiger partial charge on any atom is -0.393 e. The van der Waals surface area contributed by atoms with E-state index in [1.807, 2.05) is 13.8 Å². The first-order chi connectivity index (χ1) is 7.06. The Kier molecular flexibility index (Phi) is 8.33. The fourth-order valence-corrected chi connectivity index (χ4v) is 1.09. The Labute approximate surface area is 92.4 Å². The van der Waals surface area contributed by atoms with Crippen LogP contribution in [0.25, 0.3) is 0 Å². The van der Waals surface area contributed by atoms with E-state index in [0.29, 0.717) is 13.0 Å². The monoisotopic (exact) mass is 216 g/mol. The summed E-state index contributed by atoms with van der Waals surface area (Å²) in [7, 11) is 0. The van der Waals surface area contributed by atoms with Crippen LogP contribution in [0.5, 0.6) is 0 Å². The molecule has 90 valence electrons. The molecule has 4 nitrogen and oxygen atoms in total. The van der Waals surface area contributed by atoms with Crippen molar-refractivity contribution in [2.75, 3.05) is 13.1 Å². The fraction of sp³-hybridized carbons (Fsp3) is 0.909. The van der Waals surface area contributed by atoms with E-state index in [9.17, 15) is 4.79 Å². The topological polar surface area (TPSA) is 61.4 Å². The van der Waals surface area contributed by atoms with E-state index in [2.05, 4.69) is 10.6 Å². The molecule has 4 heteroatoms. The van der Waals surface area contributed by atoms with Crippen molar-refractivity contribution in [1.29, 1.82) is 0 Å². The average molecular weight is 216 g/mol. The molecule has 0 fully saturated rings. The molecule has 15 heavy (non-hydrogen) atoms. The summed E-state index contributed by atoms with van der Waals surface area (Å²) < 4.78 is 0. The standard InChI is InChI=1S/C11H24N2O2/c1-4-9(2)13-11(15)6-8-12-7-5-10(3)14/h9-10,12,14H,4-8H2,1-3H3,(H,13,15). The molecule has 0 aliphatic carbocycles. The number of aliphatic hydroxyl groups is 1. The van der Waals surface area contributed by atoms with E-state index in [1.165, 1.54) is 0 Å². The third-order valence-electron chi connectivity index (χ3n) is 2.29. The van der Waals surface area contributed by atoms with Crippen LogP contribution in [-0.4, -0.2) is 36.2 Å². The maximum absolute atomic E-state index is 11.3. The summed E-state index contributed by atoms with van der Waals surface area (Å²) in [6.45, 7) is 7.24. The number of rotatable bonds is 8. The van der Waals surface area contributed by atoms with Gasteiger partial charge in [0, 0.05) is 19.0 Å². The molecule has 0 bridgehead atoms. The maximum Gasteiger partial charge on any atom is 0.221 e. The molecule has 2 atom stereocenters. The van der Waals surface area contributed by atoms with Crippen LogP contribution in [0.4, 0.5) is 0 Å². The fourth-order valence-electron chi connectivity index (χ4n) is 1.09. The van der Waals surface area contributed by atoms with Gasteiger partial charge in [0.05, 0.1) is 6.10 Å². The number of nitrogens with one attached hydrogen (secondary N) is 2. The van der Waals surface area contributed by atoms with Gasteiger partial charge in [-0.3, -0.25) is 4.79 Å². The minimum atomic E-state index is -0.272. The molecule has 3 N–H and O–H groups in total. The summed E-state index contributed by atoms with van der Waals surface area (Å²) in [6.07, 6.45) is 1.92. The second-order valence-corrected chi connectivity index (χ2v) is 4.01. The van der Waals surface area contributed by atoms with Crippen LogP contribution in [0.15, 0.2) is 0 Å². The van der Waals surface area contributed by atoms with Crippen LogP contribution in [0.3, 0.4) is 0 Å². The molecule has 0 spiro atoms. The highest BCUT2D eigenvalue weighted by molar-refractivity contribution is 5.76. The van der Waals surface area contributed by atoms with Gasteiger partial charge in [0.25, 0.3) is 0 Å². The van der Waals surface area contributed by atoms with Gasteiger partial charge in [-0.15, -0.1) is 0 Å². The van der Waals surface area contributed by atoms with Crippen molar-refractivity contribution < 1.29 is 9.90 Å². The summed E-state index contributed by atoms with van der Waals surface area (Å²) in [5.41, 5.74) is 0. The molecule has 0 heterocycles. The van der Waals surface area contributed by atoms with Crippen molar-refractivity contribution in [3.8, 4) is 0 Å². The molecule has 0 aliphatic rings. The Morgan fingerprint density at radius 2 is 2.00 bits per heavy atom. The zero-order valence-electron chi connectivity index (χ0n) is 10.0. The molecule has 0 saturated heterocycles. The second-order valence-electron chi connectivity index (χ2n) is 4.01. The van der Waals surface area contributed by atoms with Gasteiger partial charge in [0.15, 0.2) is 0 Å². The number of hydrogen-bond acceptors (Lipinski definition) is 3. The van der Waals surface area contributed by atoms with Crippen molar-refractivity contribution >= 4 is 5.91 Å². The lowest BCUT2D eigenvalue weighted by atomic mass is 10.2. The van der Waals surface area contributed by atoms with Gasteiger partial charge in [0.2, 0.25) is 5.91 Å². The van der Waals surface area contributed by atoms with Crippen molar-refractivity contribution in [2.45, 2.75) is 52.2 Å². The van der Waals surface area contributed by atoms with Gasteiger partial charge in [-0.2, -0.15) is 0 Å². The number of carbonyl (C=O) groups excluding carboxylic acids is 1. The van der Waals surface area contributed by atoms with Gasteiger partial charge >= 0.3 is 0 Å². The van der Waals surface area contributed by atoms with Gasteiger partial charge in [-0.05, 0) is 33.2 Å². The van der Waals surface area contributed by atoms with E-state index in [1.54, 1.807) is 6.92 Å². The molecule has 1 amide bonds. The highest BCUT2D eigenvalue weighted by Gasteiger charge is 2.04. The van der Waals surface area contributed by atoms with Gasteiger partial charge in [-0.1, -0.05) is 6.92 Å². The van der Waals surface area contributed by atoms with E-state index >= 15 is 0 Å². The van der Waals surface area contributed by atoms with Crippen molar-refractivity contribution in [1.82, 2.24) is 10.6 Å². The zero-order valence-corrected chi connectivity index (χ0v) is 10.0. The highest BCUT2D eigenvalue weighted by Crippen LogP contribution is 1.90. The van der Waals surface area contributed by atoms with Crippen LogP contribution in [0.2, 0.25) is 0 Å². The Bertz CT molecular complexity index is 172. The molecule has 2 unspecified atom stereocenters. The van der Waals surface area contributed by atoms with E-state index < -0.39 is 0 Å². The van der Waals surface area contributed by atoms with Gasteiger partial charge < -0.3 is 15.7 Å². The summed E-state index contributed by atoms with van der Waals surface area (Å²) in [5.74, 6) is 0.0916. The molecule has 0 aromatic carbocycles. The third-order valence-corrected chi connectivity index (χ3v) is 2.29. The summed E-state index contributed by atoms with van der Waals surface area (Å²) in [5, 5.41) is 15.0. The van der Waals surface area contributed by atoms with E-state index in [0.717, 1.165) is 19.4 Å². The van der Waals surface area contributed by atoms with Crippen LogP contribution >= 0.6 is 0 Å². The van der Waals surface area contributed by atoms with Crippen molar-refractivity contribution in [2.24, 2.45) is 0 Å². The van der Waals surface area contributed by atoms with E-state index in [-0.39, 0.29) is 18.1 Å². The van der Waals surface area contributed by atoms with Gasteiger partial charge in [-0.25, -0.2) is 0 Å². The van der Waals surface area contributed by atoms with Crippen LogP contribution in [0.1, 0.15) is 40.0 Å². The molecule has 0 aromatic rings. The lowest BCUT2D eigenvalue weighted by Crippen LogP contribution is -2.34. The summed E-state index contributed by atoms with van der Waals surface area (Å²) in [6, 6.07) is 0.259. The predicted octanol–water partition coefficient (Wildman–Crippen LogP) is 0.652. The summed E-state index contributed by atoms with van der Waals surface area (Å²) in [4.78, 5) is 11.3. The molecule has 0 aromatic heterocycles. The smallest absolute Gasteiger partial charge is 0.221 e. The van der Waals surface area contributed by atoms with Crippen LogP contribution in [0, 0.1) is 0 Å².